The van der Waals surface area contributed by atoms with E-state index in [2.05, 4.69) is 10.7 Å². The van der Waals surface area contributed by atoms with Crippen LogP contribution in [0.3, 0.4) is 0 Å². The first-order valence-electron chi connectivity index (χ1n) is 7.43. The number of phenols is 1. The summed E-state index contributed by atoms with van der Waals surface area (Å²) < 4.78 is 10.3. The molecular formula is C15H25N3O5. The minimum absolute atomic E-state index is 0.0776. The summed E-state index contributed by atoms with van der Waals surface area (Å²) in [4.78, 5) is 11.6. The molecule has 2 amide bonds. The van der Waals surface area contributed by atoms with Gasteiger partial charge in [0.1, 0.15) is 24.2 Å². The third-order valence-corrected chi connectivity index (χ3v) is 2.94. The summed E-state index contributed by atoms with van der Waals surface area (Å²) in [6.45, 7) is 3.55. The van der Waals surface area contributed by atoms with Gasteiger partial charge < -0.3 is 25.0 Å². The number of hydrogen-bond donors (Lipinski definition) is 4. The molecule has 130 valence electrons. The van der Waals surface area contributed by atoms with E-state index in [9.17, 15) is 15.0 Å². The summed E-state index contributed by atoms with van der Waals surface area (Å²) in [5.74, 6) is 0.703. The van der Waals surface area contributed by atoms with Crippen LogP contribution in [0.5, 0.6) is 11.5 Å². The lowest BCUT2D eigenvalue weighted by Crippen LogP contribution is -2.51. The van der Waals surface area contributed by atoms with E-state index >= 15 is 0 Å². The molecule has 0 aromatic heterocycles. The molecule has 1 rings (SSSR count). The van der Waals surface area contributed by atoms with Crippen LogP contribution < -0.4 is 15.5 Å². The molecule has 0 aliphatic carbocycles. The Morgan fingerprint density at radius 3 is 2.65 bits per heavy atom. The van der Waals surface area contributed by atoms with Crippen LogP contribution >= 0.6 is 0 Å². The maximum Gasteiger partial charge on any atom is 0.329 e. The number of amides is 2. The van der Waals surface area contributed by atoms with E-state index in [1.54, 1.807) is 24.3 Å². The van der Waals surface area contributed by atoms with Gasteiger partial charge in [0.25, 0.3) is 0 Å². The highest BCUT2D eigenvalue weighted by Crippen LogP contribution is 2.15. The van der Waals surface area contributed by atoms with Crippen LogP contribution in [0.4, 0.5) is 4.79 Å². The number of hydrazine groups is 1. The van der Waals surface area contributed by atoms with E-state index in [0.29, 0.717) is 25.4 Å². The van der Waals surface area contributed by atoms with Gasteiger partial charge in [0.2, 0.25) is 0 Å². The largest absolute Gasteiger partial charge is 0.508 e. The van der Waals surface area contributed by atoms with Crippen molar-refractivity contribution >= 4 is 6.03 Å². The van der Waals surface area contributed by atoms with Gasteiger partial charge in [-0.25, -0.2) is 9.80 Å². The van der Waals surface area contributed by atoms with Crippen molar-refractivity contribution in [2.24, 2.45) is 0 Å². The van der Waals surface area contributed by atoms with Crippen molar-refractivity contribution in [3.05, 3.63) is 24.3 Å². The second kappa shape index (κ2) is 10.7. The molecule has 0 fully saturated rings. The maximum atomic E-state index is 11.6. The van der Waals surface area contributed by atoms with Gasteiger partial charge in [0.15, 0.2) is 0 Å². The maximum absolute atomic E-state index is 11.6. The number of rotatable bonds is 10. The van der Waals surface area contributed by atoms with E-state index in [0.717, 1.165) is 0 Å². The molecule has 0 aliphatic heterocycles. The van der Waals surface area contributed by atoms with Crippen LogP contribution in [-0.4, -0.2) is 67.3 Å². The molecule has 1 aromatic carbocycles. The van der Waals surface area contributed by atoms with Crippen molar-refractivity contribution in [1.82, 2.24) is 15.8 Å². The quantitative estimate of drug-likeness (QED) is 0.364. The molecule has 0 radical (unpaired) electrons. The molecule has 0 aliphatic rings. The Kier molecular flexibility index (Phi) is 8.81. The first kappa shape index (κ1) is 19.0. The second-order valence-corrected chi connectivity index (χ2v) is 4.86. The summed E-state index contributed by atoms with van der Waals surface area (Å²) in [5.41, 5.74) is 2.64. The first-order chi connectivity index (χ1) is 11.0. The summed E-state index contributed by atoms with van der Waals surface area (Å²) in [6.07, 6.45) is -0.775. The number of nitrogens with one attached hydrogen (secondary N) is 2. The molecule has 0 heterocycles. The Labute approximate surface area is 136 Å². The highest BCUT2D eigenvalue weighted by molar-refractivity contribution is 5.73. The molecule has 8 nitrogen and oxygen atoms in total. The third-order valence-electron chi connectivity index (χ3n) is 2.94. The number of hydrogen-bond acceptors (Lipinski definition) is 6. The number of carbonyl (C=O) groups excluding carboxylic acids is 1. The van der Waals surface area contributed by atoms with Crippen molar-refractivity contribution in [3.63, 3.8) is 0 Å². The van der Waals surface area contributed by atoms with Crippen molar-refractivity contribution in [1.29, 1.82) is 0 Å². The highest BCUT2D eigenvalue weighted by Gasteiger charge is 2.13. The Balaban J connectivity index is 2.30. The zero-order valence-corrected chi connectivity index (χ0v) is 13.5. The predicted molar refractivity (Wildman–Crippen MR) is 85.3 cm³/mol. The average molecular weight is 327 g/mol. The number of aliphatic hydroxyl groups is 1. The van der Waals surface area contributed by atoms with E-state index in [1.165, 1.54) is 12.1 Å². The zero-order chi connectivity index (χ0) is 17.1. The van der Waals surface area contributed by atoms with E-state index < -0.39 is 6.10 Å². The Bertz CT molecular complexity index is 455. The Morgan fingerprint density at radius 2 is 2.04 bits per heavy atom. The first-order valence-corrected chi connectivity index (χ1v) is 7.43. The van der Waals surface area contributed by atoms with E-state index in [4.69, 9.17) is 9.47 Å². The van der Waals surface area contributed by atoms with Gasteiger partial charge in [0.05, 0.1) is 6.61 Å². The molecule has 4 N–H and O–H groups in total. The lowest BCUT2D eigenvalue weighted by atomic mass is 10.3. The van der Waals surface area contributed by atoms with Gasteiger partial charge in [-0.2, -0.15) is 0 Å². The van der Waals surface area contributed by atoms with Crippen molar-refractivity contribution < 1.29 is 24.5 Å². The van der Waals surface area contributed by atoms with Gasteiger partial charge in [-0.3, -0.25) is 5.43 Å². The second-order valence-electron chi connectivity index (χ2n) is 4.86. The number of urea groups is 1. The lowest BCUT2D eigenvalue weighted by Gasteiger charge is -2.24. The standard InChI is InChI=1S/C15H25N3O5/c1-3-18(17-15(21)16-8-9-22-2)10-13(20)11-23-14-6-4-12(19)5-7-14/h4-7,13,19-20H,3,8-11H2,1-2H3,(H2,16,17,21). The lowest BCUT2D eigenvalue weighted by molar-refractivity contribution is 0.0558. The fourth-order valence-electron chi connectivity index (χ4n) is 1.75. The van der Waals surface area contributed by atoms with Crippen LogP contribution in [0.25, 0.3) is 0 Å². The zero-order valence-electron chi connectivity index (χ0n) is 13.5. The van der Waals surface area contributed by atoms with Crippen LogP contribution in [-0.2, 0) is 4.74 Å². The fraction of sp³-hybridized carbons (Fsp3) is 0.533. The molecule has 1 atom stereocenters. The average Bonchev–Trinajstić information content (AvgIpc) is 2.54. The van der Waals surface area contributed by atoms with Crippen LogP contribution in [0, 0.1) is 0 Å². The Hall–Kier alpha value is -2.03. The van der Waals surface area contributed by atoms with Gasteiger partial charge >= 0.3 is 6.03 Å². The van der Waals surface area contributed by atoms with Crippen LogP contribution in [0.1, 0.15) is 6.92 Å². The van der Waals surface area contributed by atoms with Gasteiger partial charge in [0, 0.05) is 26.7 Å². The molecule has 0 saturated carbocycles. The van der Waals surface area contributed by atoms with Crippen molar-refractivity contribution in [3.8, 4) is 11.5 Å². The monoisotopic (exact) mass is 327 g/mol. The van der Waals surface area contributed by atoms with Gasteiger partial charge in [-0.05, 0) is 24.3 Å². The number of likely N-dealkylation sites (N-methyl/N-ethyl adjacent to an activating group) is 1. The molecule has 0 bridgehead atoms. The number of carbonyl (C=O) groups is 1. The molecule has 8 heteroatoms. The van der Waals surface area contributed by atoms with E-state index in [-0.39, 0.29) is 24.9 Å². The number of aromatic hydroxyl groups is 1. The summed E-state index contributed by atoms with van der Waals surface area (Å²) >= 11 is 0. The summed E-state index contributed by atoms with van der Waals surface area (Å²) in [5, 5.41) is 23.4. The van der Waals surface area contributed by atoms with Crippen LogP contribution in [0.2, 0.25) is 0 Å². The minimum Gasteiger partial charge on any atom is -0.508 e. The van der Waals surface area contributed by atoms with Gasteiger partial charge in [-0.1, -0.05) is 6.92 Å². The van der Waals surface area contributed by atoms with Gasteiger partial charge in [-0.15, -0.1) is 0 Å². The number of benzene rings is 1. The SMILES string of the molecule is CCN(CC(O)COc1ccc(O)cc1)NC(=O)NCCOC. The summed E-state index contributed by atoms with van der Waals surface area (Å²) in [6, 6.07) is 5.88. The molecule has 1 aromatic rings. The molecule has 23 heavy (non-hydrogen) atoms. The minimum atomic E-state index is -0.775. The molecule has 0 saturated heterocycles. The number of phenolic OH excluding ortho intramolecular Hbond substituents is 1. The highest BCUT2D eigenvalue weighted by atomic mass is 16.5. The number of ether oxygens (including phenoxy) is 2. The summed E-state index contributed by atoms with van der Waals surface area (Å²) in [7, 11) is 1.56. The Morgan fingerprint density at radius 1 is 1.35 bits per heavy atom. The van der Waals surface area contributed by atoms with Crippen molar-refractivity contribution in [2.45, 2.75) is 13.0 Å². The van der Waals surface area contributed by atoms with E-state index in [1.807, 2.05) is 6.92 Å². The number of nitrogens with zero attached hydrogens (tertiary/aromatic N) is 1. The molecule has 1 unspecified atom stereocenters. The van der Waals surface area contributed by atoms with Crippen LogP contribution in [0.15, 0.2) is 24.3 Å². The normalized spacial score (nSPS) is 12.0. The predicted octanol–water partition coefficient (Wildman–Crippen LogP) is 0.314. The number of aliphatic hydroxyl groups excluding tert-OH is 1. The number of methoxy groups -OCH3 is 1. The molecular weight excluding hydrogens is 302 g/mol. The third kappa shape index (κ3) is 8.24. The fourth-order valence-corrected chi connectivity index (χ4v) is 1.75. The smallest absolute Gasteiger partial charge is 0.329 e. The topological polar surface area (TPSA) is 103 Å². The molecule has 0 spiro atoms. The van der Waals surface area contributed by atoms with Crippen molar-refractivity contribution in [2.75, 3.05) is 40.0 Å².